The van der Waals surface area contributed by atoms with E-state index in [4.69, 9.17) is 0 Å². The number of nitrogens with zero attached hydrogens (tertiary/aromatic N) is 2. The lowest BCUT2D eigenvalue weighted by atomic mass is 9.98. The molecule has 0 bridgehead atoms. The lowest BCUT2D eigenvalue weighted by Crippen LogP contribution is -2.41. The van der Waals surface area contributed by atoms with Gasteiger partial charge in [-0.2, -0.15) is 4.98 Å². The van der Waals surface area contributed by atoms with Crippen LogP contribution in [0.15, 0.2) is 52.1 Å². The predicted octanol–water partition coefficient (Wildman–Crippen LogP) is 3.34. The molecule has 154 valence electrons. The van der Waals surface area contributed by atoms with E-state index in [-0.39, 0.29) is 17.3 Å². The van der Waals surface area contributed by atoms with Gasteiger partial charge in [0.1, 0.15) is 11.3 Å². The van der Waals surface area contributed by atoms with Crippen LogP contribution in [0.4, 0.5) is 4.39 Å². The Morgan fingerprint density at radius 1 is 1.10 bits per heavy atom. The maximum atomic E-state index is 13.2. The van der Waals surface area contributed by atoms with Crippen molar-refractivity contribution in [3.63, 3.8) is 0 Å². The highest BCUT2D eigenvalue weighted by Crippen LogP contribution is 2.20. The van der Waals surface area contributed by atoms with E-state index in [0.717, 1.165) is 41.4 Å². The van der Waals surface area contributed by atoms with Crippen LogP contribution in [0, 0.1) is 5.82 Å². The highest BCUT2D eigenvalue weighted by molar-refractivity contribution is 5.79. The summed E-state index contributed by atoms with van der Waals surface area (Å²) in [6.07, 6.45) is 2.69. The van der Waals surface area contributed by atoms with Crippen LogP contribution in [0.25, 0.3) is 22.2 Å². The average molecular weight is 407 g/mol. The summed E-state index contributed by atoms with van der Waals surface area (Å²) in [5.41, 5.74) is 3.33. The third-order valence-corrected chi connectivity index (χ3v) is 5.49. The van der Waals surface area contributed by atoms with Gasteiger partial charge in [-0.05, 0) is 54.2 Å². The van der Waals surface area contributed by atoms with Crippen LogP contribution in [0.2, 0.25) is 0 Å². The van der Waals surface area contributed by atoms with E-state index in [1.807, 2.05) is 16.7 Å². The van der Waals surface area contributed by atoms with E-state index >= 15 is 0 Å². The fourth-order valence-electron chi connectivity index (χ4n) is 3.85. The molecule has 1 unspecified atom stereocenters. The Kier molecular flexibility index (Phi) is 5.44. The zero-order chi connectivity index (χ0) is 21.3. The molecule has 0 aliphatic carbocycles. The van der Waals surface area contributed by atoms with Crippen LogP contribution >= 0.6 is 0 Å². The SMILES string of the molecule is CCCc1ccc2c(c1)nc1c(=O)[nH]c(=O)[nH]c1[n+]2CCC(C)c1ccc(F)cc1. The van der Waals surface area contributed by atoms with Gasteiger partial charge in [0.25, 0.3) is 5.56 Å². The number of aromatic nitrogens is 4. The smallest absolute Gasteiger partial charge is 0.267 e. The summed E-state index contributed by atoms with van der Waals surface area (Å²) in [6.45, 7) is 4.76. The zero-order valence-electron chi connectivity index (χ0n) is 17.0. The largest absolute Gasteiger partial charge is 0.413 e. The van der Waals surface area contributed by atoms with Crippen molar-refractivity contribution in [3.05, 3.63) is 80.2 Å². The van der Waals surface area contributed by atoms with Crippen molar-refractivity contribution in [2.24, 2.45) is 0 Å². The van der Waals surface area contributed by atoms with Crippen LogP contribution in [0.1, 0.15) is 43.7 Å². The lowest BCUT2D eigenvalue weighted by molar-refractivity contribution is -0.648. The topological polar surface area (TPSA) is 82.5 Å². The van der Waals surface area contributed by atoms with E-state index in [9.17, 15) is 14.0 Å². The maximum absolute atomic E-state index is 13.2. The number of nitrogens with one attached hydrogen (secondary N) is 2. The van der Waals surface area contributed by atoms with Gasteiger partial charge in [-0.1, -0.05) is 38.5 Å². The first kappa shape index (κ1) is 19.9. The number of aromatic amines is 2. The van der Waals surface area contributed by atoms with Crippen molar-refractivity contribution < 1.29 is 8.96 Å². The molecule has 30 heavy (non-hydrogen) atoms. The summed E-state index contributed by atoms with van der Waals surface area (Å²) in [6, 6.07) is 12.6. The first-order valence-corrected chi connectivity index (χ1v) is 10.2. The molecule has 2 N–H and O–H groups in total. The molecule has 0 saturated heterocycles. The normalized spacial score (nSPS) is 12.5. The maximum Gasteiger partial charge on any atom is 0.413 e. The molecule has 1 atom stereocenters. The summed E-state index contributed by atoms with van der Waals surface area (Å²) in [5.74, 6) is -0.0874. The molecule has 0 aliphatic rings. The highest BCUT2D eigenvalue weighted by atomic mass is 19.1. The van der Waals surface area contributed by atoms with Gasteiger partial charge >= 0.3 is 11.3 Å². The second kappa shape index (κ2) is 8.18. The number of aryl methyl sites for hydroxylation is 2. The van der Waals surface area contributed by atoms with Gasteiger partial charge in [0.15, 0.2) is 5.52 Å². The Hall–Kier alpha value is -3.35. The van der Waals surface area contributed by atoms with Crippen molar-refractivity contribution in [2.75, 3.05) is 0 Å². The molecule has 0 fully saturated rings. The number of rotatable bonds is 6. The molecule has 6 nitrogen and oxygen atoms in total. The van der Waals surface area contributed by atoms with Crippen molar-refractivity contribution in [1.82, 2.24) is 15.0 Å². The van der Waals surface area contributed by atoms with E-state index in [1.165, 1.54) is 12.1 Å². The van der Waals surface area contributed by atoms with Gasteiger partial charge in [0.05, 0.1) is 6.54 Å². The second-order valence-corrected chi connectivity index (χ2v) is 7.68. The molecule has 2 aromatic carbocycles. The second-order valence-electron chi connectivity index (χ2n) is 7.68. The Labute approximate surface area is 172 Å². The minimum Gasteiger partial charge on any atom is -0.267 e. The monoisotopic (exact) mass is 407 g/mol. The Bertz CT molecular complexity index is 1330. The van der Waals surface area contributed by atoms with Crippen molar-refractivity contribution in [1.29, 1.82) is 0 Å². The third-order valence-electron chi connectivity index (χ3n) is 5.49. The van der Waals surface area contributed by atoms with Crippen LogP contribution in [0.5, 0.6) is 0 Å². The molecule has 4 rings (SSSR count). The predicted molar refractivity (Wildman–Crippen MR) is 114 cm³/mol. The number of fused-ring (bicyclic) bond motifs is 2. The number of H-pyrrole nitrogens is 2. The van der Waals surface area contributed by atoms with E-state index in [2.05, 4.69) is 34.9 Å². The van der Waals surface area contributed by atoms with Crippen molar-refractivity contribution in [2.45, 2.75) is 45.6 Å². The van der Waals surface area contributed by atoms with Gasteiger partial charge in [-0.25, -0.2) is 18.7 Å². The first-order valence-electron chi connectivity index (χ1n) is 10.2. The molecule has 2 aromatic heterocycles. The van der Waals surface area contributed by atoms with E-state index < -0.39 is 11.2 Å². The Morgan fingerprint density at radius 3 is 2.60 bits per heavy atom. The van der Waals surface area contributed by atoms with Crippen molar-refractivity contribution in [3.8, 4) is 0 Å². The van der Waals surface area contributed by atoms with Gasteiger partial charge in [-0.15, -0.1) is 0 Å². The molecule has 0 radical (unpaired) electrons. The lowest BCUT2D eigenvalue weighted by Gasteiger charge is -2.13. The molecule has 0 spiro atoms. The minimum absolute atomic E-state index is 0.171. The standard InChI is InChI=1S/C23H23FN4O2/c1-3-4-15-5-10-19-18(13-15)25-20-21(26-23(30)27-22(20)29)28(19)12-11-14(2)16-6-8-17(24)9-7-16/h5-10,13-14H,3-4,11-12H2,1-2H3,(H,27,29,30)/p+1. The first-order chi connectivity index (χ1) is 14.5. The van der Waals surface area contributed by atoms with E-state index in [0.29, 0.717) is 12.2 Å². The molecular formula is C23H24FN4O2+. The van der Waals surface area contributed by atoms with Gasteiger partial charge < -0.3 is 0 Å². The average Bonchev–Trinajstić information content (AvgIpc) is 2.72. The van der Waals surface area contributed by atoms with Crippen LogP contribution < -0.4 is 15.8 Å². The minimum atomic E-state index is -0.559. The summed E-state index contributed by atoms with van der Waals surface area (Å²) in [5, 5.41) is 0. The summed E-state index contributed by atoms with van der Waals surface area (Å²) < 4.78 is 15.2. The molecular weight excluding hydrogens is 383 g/mol. The fourth-order valence-corrected chi connectivity index (χ4v) is 3.85. The van der Waals surface area contributed by atoms with Gasteiger partial charge in [0, 0.05) is 0 Å². The molecule has 4 aromatic rings. The summed E-state index contributed by atoms with van der Waals surface area (Å²) in [4.78, 5) is 33.9. The number of benzene rings is 2. The van der Waals surface area contributed by atoms with Gasteiger partial charge in [0.2, 0.25) is 5.52 Å². The van der Waals surface area contributed by atoms with Crippen LogP contribution in [-0.4, -0.2) is 15.0 Å². The zero-order valence-corrected chi connectivity index (χ0v) is 17.0. The Morgan fingerprint density at radius 2 is 1.87 bits per heavy atom. The number of hydrogen-bond acceptors (Lipinski definition) is 3. The molecule has 2 heterocycles. The molecule has 0 amide bonds. The van der Waals surface area contributed by atoms with E-state index in [1.54, 1.807) is 12.1 Å². The number of hydrogen-bond donors (Lipinski definition) is 2. The Balaban J connectivity index is 1.81. The third kappa shape index (κ3) is 3.87. The van der Waals surface area contributed by atoms with Crippen LogP contribution in [-0.2, 0) is 13.0 Å². The fraction of sp³-hybridized carbons (Fsp3) is 0.304. The molecule has 0 saturated carbocycles. The summed E-state index contributed by atoms with van der Waals surface area (Å²) in [7, 11) is 0. The highest BCUT2D eigenvalue weighted by Gasteiger charge is 2.19. The number of halogens is 1. The molecule has 7 heteroatoms. The molecule has 0 aliphatic heterocycles. The quantitative estimate of drug-likeness (QED) is 0.380. The van der Waals surface area contributed by atoms with Crippen molar-refractivity contribution >= 4 is 22.2 Å². The van der Waals surface area contributed by atoms with Crippen LogP contribution in [0.3, 0.4) is 0 Å². The van der Waals surface area contributed by atoms with Gasteiger partial charge in [-0.3, -0.25) is 9.78 Å². The summed E-state index contributed by atoms with van der Waals surface area (Å²) >= 11 is 0.